The lowest BCUT2D eigenvalue weighted by Gasteiger charge is -2.11. The van der Waals surface area contributed by atoms with Crippen molar-refractivity contribution in [3.05, 3.63) is 78.1 Å². The predicted octanol–water partition coefficient (Wildman–Crippen LogP) is 3.89. The normalized spacial score (nSPS) is 11.4. The van der Waals surface area contributed by atoms with Gasteiger partial charge in [0.05, 0.1) is 4.90 Å². The first-order chi connectivity index (χ1) is 11.0. The lowest BCUT2D eigenvalue weighted by Crippen LogP contribution is -2.13. The number of sulfonamides is 1. The van der Waals surface area contributed by atoms with Crippen molar-refractivity contribution in [3.63, 3.8) is 0 Å². The molecule has 2 aromatic carbocycles. The fourth-order valence-electron chi connectivity index (χ4n) is 2.57. The molecule has 0 fully saturated rings. The number of aromatic nitrogens is 1. The Morgan fingerprint density at radius 3 is 1.91 bits per heavy atom. The molecule has 0 unspecified atom stereocenters. The van der Waals surface area contributed by atoms with E-state index in [1.54, 1.807) is 36.4 Å². The van der Waals surface area contributed by atoms with Gasteiger partial charge in [-0.05, 0) is 62.4 Å². The number of hydrogen-bond acceptors (Lipinski definition) is 2. The van der Waals surface area contributed by atoms with Crippen LogP contribution in [-0.2, 0) is 10.0 Å². The minimum Gasteiger partial charge on any atom is -0.319 e. The summed E-state index contributed by atoms with van der Waals surface area (Å²) >= 11 is 0. The van der Waals surface area contributed by atoms with Crippen LogP contribution in [0.2, 0.25) is 0 Å². The number of para-hydroxylation sites is 1. The third-order valence-electron chi connectivity index (χ3n) is 3.70. The van der Waals surface area contributed by atoms with Gasteiger partial charge in [0.15, 0.2) is 0 Å². The molecule has 1 aromatic heterocycles. The van der Waals surface area contributed by atoms with Crippen LogP contribution in [0.3, 0.4) is 0 Å². The molecule has 3 aromatic rings. The van der Waals surface area contributed by atoms with Gasteiger partial charge in [0.2, 0.25) is 0 Å². The van der Waals surface area contributed by atoms with Gasteiger partial charge in [-0.1, -0.05) is 18.2 Å². The molecule has 5 heteroatoms. The van der Waals surface area contributed by atoms with E-state index in [-0.39, 0.29) is 4.90 Å². The van der Waals surface area contributed by atoms with E-state index in [0.717, 1.165) is 17.1 Å². The molecule has 0 aliphatic rings. The molecule has 1 heterocycles. The average Bonchev–Trinajstić information content (AvgIpc) is 2.87. The van der Waals surface area contributed by atoms with Crippen molar-refractivity contribution < 1.29 is 8.42 Å². The molecule has 3 rings (SSSR count). The summed E-state index contributed by atoms with van der Waals surface area (Å²) in [5.74, 6) is 0. The Hall–Kier alpha value is -2.53. The molecule has 0 atom stereocenters. The fraction of sp³-hybridized carbons (Fsp3) is 0.111. The standard InChI is InChI=1S/C18H18N2O2S/c1-14-8-9-15(2)20(14)17-10-12-18(13-11-17)23(21,22)19-16-6-4-3-5-7-16/h3-13,19H,1-2H3. The second-order valence-corrected chi connectivity index (χ2v) is 7.10. The first-order valence-corrected chi connectivity index (χ1v) is 8.79. The first-order valence-electron chi connectivity index (χ1n) is 7.31. The number of aryl methyl sites for hydroxylation is 2. The van der Waals surface area contributed by atoms with Crippen molar-refractivity contribution in [2.45, 2.75) is 18.7 Å². The molecule has 118 valence electrons. The molecule has 0 amide bonds. The number of rotatable bonds is 4. The van der Waals surface area contributed by atoms with Crippen LogP contribution < -0.4 is 4.72 Å². The van der Waals surface area contributed by atoms with Crippen LogP contribution in [0.4, 0.5) is 5.69 Å². The SMILES string of the molecule is Cc1ccc(C)n1-c1ccc(S(=O)(=O)Nc2ccccc2)cc1. The van der Waals surface area contributed by atoms with E-state index in [4.69, 9.17) is 0 Å². The fourth-order valence-corrected chi connectivity index (χ4v) is 3.63. The van der Waals surface area contributed by atoms with E-state index in [1.807, 2.05) is 44.2 Å². The molecular weight excluding hydrogens is 308 g/mol. The Morgan fingerprint density at radius 2 is 1.35 bits per heavy atom. The maximum atomic E-state index is 12.4. The topological polar surface area (TPSA) is 51.1 Å². The van der Waals surface area contributed by atoms with Crippen LogP contribution in [0.15, 0.2) is 71.6 Å². The quantitative estimate of drug-likeness (QED) is 0.790. The van der Waals surface area contributed by atoms with E-state index >= 15 is 0 Å². The van der Waals surface area contributed by atoms with Crippen LogP contribution >= 0.6 is 0 Å². The lowest BCUT2D eigenvalue weighted by molar-refractivity contribution is 0.601. The highest BCUT2D eigenvalue weighted by molar-refractivity contribution is 7.92. The Balaban J connectivity index is 1.90. The van der Waals surface area contributed by atoms with E-state index in [2.05, 4.69) is 9.29 Å². The molecule has 0 aliphatic heterocycles. The van der Waals surface area contributed by atoms with Crippen molar-refractivity contribution in [3.8, 4) is 5.69 Å². The number of benzene rings is 2. The molecule has 0 saturated carbocycles. The van der Waals surface area contributed by atoms with E-state index in [9.17, 15) is 8.42 Å². The number of anilines is 1. The molecule has 4 nitrogen and oxygen atoms in total. The summed E-state index contributed by atoms with van der Waals surface area (Å²) in [6.45, 7) is 4.04. The van der Waals surface area contributed by atoms with Gasteiger partial charge in [0, 0.05) is 22.8 Å². The molecular formula is C18H18N2O2S. The van der Waals surface area contributed by atoms with Gasteiger partial charge in [-0.2, -0.15) is 0 Å². The Kier molecular flexibility index (Phi) is 3.96. The number of nitrogens with zero attached hydrogens (tertiary/aromatic N) is 1. The van der Waals surface area contributed by atoms with Crippen molar-refractivity contribution >= 4 is 15.7 Å². The molecule has 0 spiro atoms. The van der Waals surface area contributed by atoms with E-state index < -0.39 is 10.0 Å². The zero-order valence-electron chi connectivity index (χ0n) is 13.0. The van der Waals surface area contributed by atoms with Gasteiger partial charge in [-0.3, -0.25) is 4.72 Å². The van der Waals surface area contributed by atoms with Crippen LogP contribution in [-0.4, -0.2) is 13.0 Å². The van der Waals surface area contributed by atoms with Crippen molar-refractivity contribution in [1.29, 1.82) is 0 Å². The Labute approximate surface area is 136 Å². The summed E-state index contributed by atoms with van der Waals surface area (Å²) in [4.78, 5) is 0.243. The Morgan fingerprint density at radius 1 is 0.783 bits per heavy atom. The van der Waals surface area contributed by atoms with Crippen LogP contribution in [0.25, 0.3) is 5.69 Å². The summed E-state index contributed by atoms with van der Waals surface area (Å²) in [5.41, 5.74) is 3.72. The molecule has 23 heavy (non-hydrogen) atoms. The zero-order valence-corrected chi connectivity index (χ0v) is 13.8. The summed E-state index contributed by atoms with van der Waals surface area (Å²) in [7, 11) is -3.58. The molecule has 1 N–H and O–H groups in total. The summed E-state index contributed by atoms with van der Waals surface area (Å²) in [5, 5.41) is 0. The van der Waals surface area contributed by atoms with Crippen LogP contribution in [0, 0.1) is 13.8 Å². The predicted molar refractivity (Wildman–Crippen MR) is 92.5 cm³/mol. The molecule has 0 aliphatic carbocycles. The lowest BCUT2D eigenvalue weighted by atomic mass is 10.3. The zero-order chi connectivity index (χ0) is 16.4. The Bertz CT molecular complexity index is 892. The minimum atomic E-state index is -3.58. The van der Waals surface area contributed by atoms with Gasteiger partial charge in [-0.25, -0.2) is 8.42 Å². The number of nitrogens with one attached hydrogen (secondary N) is 1. The average molecular weight is 326 g/mol. The maximum absolute atomic E-state index is 12.4. The van der Waals surface area contributed by atoms with Gasteiger partial charge >= 0.3 is 0 Å². The minimum absolute atomic E-state index is 0.243. The summed E-state index contributed by atoms with van der Waals surface area (Å²) in [6.07, 6.45) is 0. The summed E-state index contributed by atoms with van der Waals surface area (Å²) < 4.78 is 29.5. The van der Waals surface area contributed by atoms with E-state index in [0.29, 0.717) is 5.69 Å². The first kappa shape index (κ1) is 15.4. The van der Waals surface area contributed by atoms with E-state index in [1.165, 1.54) is 0 Å². The highest BCUT2D eigenvalue weighted by Crippen LogP contribution is 2.20. The van der Waals surface area contributed by atoms with Crippen LogP contribution in [0.1, 0.15) is 11.4 Å². The van der Waals surface area contributed by atoms with Crippen molar-refractivity contribution in [2.24, 2.45) is 0 Å². The second kappa shape index (κ2) is 5.93. The van der Waals surface area contributed by atoms with Crippen molar-refractivity contribution in [1.82, 2.24) is 4.57 Å². The third kappa shape index (κ3) is 3.14. The summed E-state index contributed by atoms with van der Waals surface area (Å²) in [6, 6.07) is 19.8. The molecule has 0 saturated heterocycles. The smallest absolute Gasteiger partial charge is 0.261 e. The molecule has 0 bridgehead atoms. The monoisotopic (exact) mass is 326 g/mol. The molecule has 0 radical (unpaired) electrons. The van der Waals surface area contributed by atoms with Crippen LogP contribution in [0.5, 0.6) is 0 Å². The maximum Gasteiger partial charge on any atom is 0.261 e. The van der Waals surface area contributed by atoms with Gasteiger partial charge < -0.3 is 4.57 Å². The number of hydrogen-bond donors (Lipinski definition) is 1. The van der Waals surface area contributed by atoms with Crippen molar-refractivity contribution in [2.75, 3.05) is 4.72 Å². The van der Waals surface area contributed by atoms with Gasteiger partial charge in [0.1, 0.15) is 0 Å². The highest BCUT2D eigenvalue weighted by Gasteiger charge is 2.14. The second-order valence-electron chi connectivity index (χ2n) is 5.42. The van der Waals surface area contributed by atoms with Gasteiger partial charge in [-0.15, -0.1) is 0 Å². The third-order valence-corrected chi connectivity index (χ3v) is 5.10. The largest absolute Gasteiger partial charge is 0.319 e. The highest BCUT2D eigenvalue weighted by atomic mass is 32.2. The van der Waals surface area contributed by atoms with Gasteiger partial charge in [0.25, 0.3) is 10.0 Å².